The normalized spacial score (nSPS) is 32.5. The molecule has 0 aromatic heterocycles. The second-order valence-electron chi connectivity index (χ2n) is 6.12. The van der Waals surface area contributed by atoms with Crippen LogP contribution in [0.5, 0.6) is 0 Å². The predicted molar refractivity (Wildman–Crippen MR) is 72.7 cm³/mol. The van der Waals surface area contributed by atoms with E-state index in [4.69, 9.17) is 4.74 Å². The van der Waals surface area contributed by atoms with Crippen LogP contribution in [0, 0.1) is 0 Å². The Morgan fingerprint density at radius 2 is 1.83 bits per heavy atom. The minimum absolute atomic E-state index is 0.129. The van der Waals surface area contributed by atoms with Gasteiger partial charge in [0, 0.05) is 38.3 Å². The number of aliphatic hydroxyl groups is 1. The third-order valence-corrected chi connectivity index (χ3v) is 4.30. The largest absolute Gasteiger partial charge is 0.392 e. The third-order valence-electron chi connectivity index (χ3n) is 4.30. The zero-order valence-corrected chi connectivity index (χ0v) is 12.0. The van der Waals surface area contributed by atoms with E-state index in [1.165, 1.54) is 6.54 Å². The van der Waals surface area contributed by atoms with Crippen LogP contribution in [0.15, 0.2) is 0 Å². The SMILES string of the molecule is CC(C)N1CC[C@H](OC[C@@H](C)N2CC[C@@H](O)C2)C1. The van der Waals surface area contributed by atoms with Crippen LogP contribution in [-0.4, -0.2) is 72.0 Å². The molecule has 2 aliphatic rings. The number of ether oxygens (including phenoxy) is 1. The average molecular weight is 256 g/mol. The highest BCUT2D eigenvalue weighted by atomic mass is 16.5. The van der Waals surface area contributed by atoms with Gasteiger partial charge in [-0.05, 0) is 33.6 Å². The lowest BCUT2D eigenvalue weighted by molar-refractivity contribution is 0.0188. The first-order valence-electron chi connectivity index (χ1n) is 7.34. The monoisotopic (exact) mass is 256 g/mol. The number of aliphatic hydroxyl groups excluding tert-OH is 1. The van der Waals surface area contributed by atoms with Gasteiger partial charge in [-0.1, -0.05) is 0 Å². The summed E-state index contributed by atoms with van der Waals surface area (Å²) in [6.07, 6.45) is 2.35. The van der Waals surface area contributed by atoms with Crippen molar-refractivity contribution in [3.05, 3.63) is 0 Å². The van der Waals surface area contributed by atoms with E-state index in [1.54, 1.807) is 0 Å². The Morgan fingerprint density at radius 1 is 1.11 bits per heavy atom. The van der Waals surface area contributed by atoms with E-state index in [2.05, 4.69) is 30.6 Å². The van der Waals surface area contributed by atoms with Crippen molar-refractivity contribution in [2.75, 3.05) is 32.8 Å². The fraction of sp³-hybridized carbons (Fsp3) is 1.00. The number of rotatable bonds is 5. The van der Waals surface area contributed by atoms with E-state index in [-0.39, 0.29) is 6.10 Å². The van der Waals surface area contributed by atoms with E-state index in [9.17, 15) is 5.11 Å². The summed E-state index contributed by atoms with van der Waals surface area (Å²) in [4.78, 5) is 4.81. The summed E-state index contributed by atoms with van der Waals surface area (Å²) in [5.74, 6) is 0. The third kappa shape index (κ3) is 3.67. The Bertz CT molecular complexity index is 260. The molecule has 0 aromatic rings. The lowest BCUT2D eigenvalue weighted by Crippen LogP contribution is -2.37. The van der Waals surface area contributed by atoms with E-state index in [0.717, 1.165) is 39.1 Å². The van der Waals surface area contributed by atoms with Crippen LogP contribution in [0.1, 0.15) is 33.6 Å². The van der Waals surface area contributed by atoms with E-state index in [0.29, 0.717) is 18.2 Å². The van der Waals surface area contributed by atoms with E-state index >= 15 is 0 Å². The Hall–Kier alpha value is -0.160. The fourth-order valence-corrected chi connectivity index (χ4v) is 2.91. The number of hydrogen-bond donors (Lipinski definition) is 1. The van der Waals surface area contributed by atoms with Crippen molar-refractivity contribution < 1.29 is 9.84 Å². The molecule has 2 rings (SSSR count). The minimum atomic E-state index is -0.129. The Kier molecular flexibility index (Phi) is 5.01. The van der Waals surface area contributed by atoms with Gasteiger partial charge in [-0.15, -0.1) is 0 Å². The molecule has 2 heterocycles. The first-order valence-corrected chi connectivity index (χ1v) is 7.34. The van der Waals surface area contributed by atoms with Crippen LogP contribution < -0.4 is 0 Å². The first kappa shape index (κ1) is 14.3. The van der Waals surface area contributed by atoms with Crippen LogP contribution in [0.4, 0.5) is 0 Å². The van der Waals surface area contributed by atoms with Crippen LogP contribution in [0.25, 0.3) is 0 Å². The predicted octanol–water partition coefficient (Wildman–Crippen LogP) is 0.941. The second kappa shape index (κ2) is 6.33. The molecule has 2 aliphatic heterocycles. The molecule has 0 saturated carbocycles. The van der Waals surface area contributed by atoms with E-state index in [1.807, 2.05) is 0 Å². The summed E-state index contributed by atoms with van der Waals surface area (Å²) in [5, 5.41) is 9.53. The Balaban J connectivity index is 1.66. The molecule has 18 heavy (non-hydrogen) atoms. The maximum Gasteiger partial charge on any atom is 0.0715 e. The molecular weight excluding hydrogens is 228 g/mol. The van der Waals surface area contributed by atoms with Crippen LogP contribution in [0.3, 0.4) is 0 Å². The first-order chi connectivity index (χ1) is 8.56. The van der Waals surface area contributed by atoms with Gasteiger partial charge in [0.25, 0.3) is 0 Å². The fourth-order valence-electron chi connectivity index (χ4n) is 2.91. The van der Waals surface area contributed by atoms with Crippen LogP contribution in [0.2, 0.25) is 0 Å². The lowest BCUT2D eigenvalue weighted by Gasteiger charge is -2.25. The Labute approximate surface area is 111 Å². The Morgan fingerprint density at radius 3 is 2.39 bits per heavy atom. The molecule has 1 N–H and O–H groups in total. The van der Waals surface area contributed by atoms with Gasteiger partial charge < -0.3 is 9.84 Å². The zero-order chi connectivity index (χ0) is 13.1. The number of nitrogens with zero attached hydrogens (tertiary/aromatic N) is 2. The molecule has 4 heteroatoms. The van der Waals surface area contributed by atoms with Crippen molar-refractivity contribution in [3.8, 4) is 0 Å². The van der Waals surface area contributed by atoms with Gasteiger partial charge >= 0.3 is 0 Å². The summed E-state index contributed by atoms with van der Waals surface area (Å²) >= 11 is 0. The van der Waals surface area contributed by atoms with Gasteiger partial charge in [-0.25, -0.2) is 0 Å². The van der Waals surface area contributed by atoms with Gasteiger partial charge in [0.15, 0.2) is 0 Å². The van der Waals surface area contributed by atoms with Crippen molar-refractivity contribution in [1.29, 1.82) is 0 Å². The average Bonchev–Trinajstić information content (AvgIpc) is 2.94. The van der Waals surface area contributed by atoms with E-state index < -0.39 is 0 Å². The summed E-state index contributed by atoms with van der Waals surface area (Å²) < 4.78 is 6.03. The lowest BCUT2D eigenvalue weighted by atomic mass is 10.3. The summed E-state index contributed by atoms with van der Waals surface area (Å²) in [6.45, 7) is 11.6. The molecule has 4 nitrogen and oxygen atoms in total. The van der Waals surface area contributed by atoms with Gasteiger partial charge in [-0.2, -0.15) is 0 Å². The number of hydrogen-bond acceptors (Lipinski definition) is 4. The number of likely N-dealkylation sites (tertiary alicyclic amines) is 2. The van der Waals surface area contributed by atoms with Gasteiger partial charge in [0.1, 0.15) is 0 Å². The number of β-amino-alcohol motifs (C(OH)–C–C–N with tert-alkyl or cyclic N) is 1. The van der Waals surface area contributed by atoms with Crippen LogP contribution >= 0.6 is 0 Å². The highest BCUT2D eigenvalue weighted by Gasteiger charge is 2.28. The van der Waals surface area contributed by atoms with Crippen LogP contribution in [-0.2, 0) is 4.74 Å². The molecule has 0 aliphatic carbocycles. The molecule has 0 bridgehead atoms. The highest BCUT2D eigenvalue weighted by molar-refractivity contribution is 4.81. The van der Waals surface area contributed by atoms with Crippen molar-refractivity contribution in [1.82, 2.24) is 9.80 Å². The zero-order valence-electron chi connectivity index (χ0n) is 12.0. The second-order valence-corrected chi connectivity index (χ2v) is 6.12. The molecule has 0 radical (unpaired) electrons. The van der Waals surface area contributed by atoms with Crippen molar-refractivity contribution >= 4 is 0 Å². The summed E-state index contributed by atoms with van der Waals surface area (Å²) in [7, 11) is 0. The quantitative estimate of drug-likeness (QED) is 0.794. The van der Waals surface area contributed by atoms with Gasteiger partial charge in [-0.3, -0.25) is 9.80 Å². The molecule has 2 saturated heterocycles. The van der Waals surface area contributed by atoms with Crippen molar-refractivity contribution in [2.45, 2.75) is 57.9 Å². The highest BCUT2D eigenvalue weighted by Crippen LogP contribution is 2.17. The maximum absolute atomic E-state index is 9.53. The molecule has 0 spiro atoms. The smallest absolute Gasteiger partial charge is 0.0715 e. The molecule has 0 amide bonds. The minimum Gasteiger partial charge on any atom is -0.392 e. The standard InChI is InChI=1S/C14H28N2O2/c1-11(2)15-7-5-14(9-15)18-10-12(3)16-6-4-13(17)8-16/h11-14,17H,4-10H2,1-3H3/t12-,13-,14+/m1/s1. The summed E-state index contributed by atoms with van der Waals surface area (Å²) in [5.41, 5.74) is 0. The van der Waals surface area contributed by atoms with Gasteiger partial charge in [0.2, 0.25) is 0 Å². The molecule has 3 atom stereocenters. The molecule has 0 aromatic carbocycles. The topological polar surface area (TPSA) is 35.9 Å². The molecular formula is C14H28N2O2. The maximum atomic E-state index is 9.53. The van der Waals surface area contributed by atoms with Crippen molar-refractivity contribution in [2.24, 2.45) is 0 Å². The molecule has 0 unspecified atom stereocenters. The molecule has 2 fully saturated rings. The van der Waals surface area contributed by atoms with Gasteiger partial charge in [0.05, 0.1) is 18.8 Å². The summed E-state index contributed by atoms with van der Waals surface area (Å²) in [6, 6.07) is 1.06. The van der Waals surface area contributed by atoms with Crippen molar-refractivity contribution in [3.63, 3.8) is 0 Å². The molecule has 106 valence electrons.